The second-order valence-corrected chi connectivity index (χ2v) is 21.3. The summed E-state index contributed by atoms with van der Waals surface area (Å²) < 4.78 is 0. The van der Waals surface area contributed by atoms with Gasteiger partial charge in [-0.3, -0.25) is 0 Å². The van der Waals surface area contributed by atoms with Crippen molar-refractivity contribution in [1.82, 2.24) is 0 Å². The maximum absolute atomic E-state index is 2.96. The van der Waals surface area contributed by atoms with Crippen LogP contribution in [0.5, 0.6) is 0 Å². The molecule has 0 saturated heterocycles. The first-order chi connectivity index (χ1) is 17.4. The van der Waals surface area contributed by atoms with Gasteiger partial charge in [0, 0.05) is 0 Å². The van der Waals surface area contributed by atoms with E-state index in [4.69, 9.17) is 0 Å². The van der Waals surface area contributed by atoms with E-state index >= 15 is 0 Å². The zero-order chi connectivity index (χ0) is 25.0. The summed E-state index contributed by atoms with van der Waals surface area (Å²) in [5.74, 6) is 11.8. The molecule has 0 nitrogen and oxygen atoms in total. The van der Waals surface area contributed by atoms with Gasteiger partial charge in [-0.1, -0.05) is 124 Å². The summed E-state index contributed by atoms with van der Waals surface area (Å²) in [5, 5.41) is 0. The topological polar surface area (TPSA) is 0 Å². The number of fused-ring (bicyclic) bond motifs is 2. The quantitative estimate of drug-likeness (QED) is 0.330. The van der Waals surface area contributed by atoms with Gasteiger partial charge < -0.3 is 0 Å². The Bertz CT molecular complexity index is 729. The van der Waals surface area contributed by atoms with Gasteiger partial charge in [0.15, 0.2) is 0 Å². The molecular weight excluding hydrogens is 448 g/mol. The van der Waals surface area contributed by atoms with Crippen molar-refractivity contribution in [1.29, 1.82) is 0 Å². The van der Waals surface area contributed by atoms with E-state index in [1.807, 2.05) is 0 Å². The third-order valence-electron chi connectivity index (χ3n) is 14.6. The molecule has 0 aromatic heterocycles. The highest BCUT2D eigenvalue weighted by atomic mass is 28.3. The van der Waals surface area contributed by atoms with E-state index in [9.17, 15) is 0 Å². The first-order valence-corrected chi connectivity index (χ1v) is 20.5. The lowest BCUT2D eigenvalue weighted by Crippen LogP contribution is -2.47. The van der Waals surface area contributed by atoms with Crippen molar-refractivity contribution in [3.05, 3.63) is 0 Å². The second-order valence-electron chi connectivity index (χ2n) is 16.4. The normalized spacial score (nSPS) is 49.1. The molecule has 36 heavy (non-hydrogen) atoms. The van der Waals surface area contributed by atoms with E-state index < -0.39 is 8.07 Å². The van der Waals surface area contributed by atoms with Crippen LogP contribution in [0.15, 0.2) is 0 Å². The predicted molar refractivity (Wildman–Crippen MR) is 159 cm³/mol. The van der Waals surface area contributed by atoms with Crippen molar-refractivity contribution in [2.24, 2.45) is 65.1 Å². The van der Waals surface area contributed by atoms with E-state index in [0.29, 0.717) is 0 Å². The summed E-state index contributed by atoms with van der Waals surface area (Å²) in [6.45, 7) is 14.2. The summed E-state index contributed by atoms with van der Waals surface area (Å²) >= 11 is 0. The molecule has 6 saturated carbocycles. The van der Waals surface area contributed by atoms with E-state index in [1.54, 1.807) is 83.5 Å². The third-order valence-corrected chi connectivity index (χ3v) is 20.0. The molecule has 206 valence electrons. The molecule has 11 atom stereocenters. The Morgan fingerprint density at radius 1 is 0.444 bits per heavy atom. The fraction of sp³-hybridized carbons (Fsp3) is 1.00. The third kappa shape index (κ3) is 4.44. The van der Waals surface area contributed by atoms with E-state index in [1.165, 1.54) is 25.7 Å². The molecule has 11 unspecified atom stereocenters. The fourth-order valence-electron chi connectivity index (χ4n) is 13.7. The lowest BCUT2D eigenvalue weighted by molar-refractivity contribution is 0.0730. The number of rotatable bonds is 4. The van der Waals surface area contributed by atoms with Crippen molar-refractivity contribution >= 4 is 8.07 Å². The Kier molecular flexibility index (Phi) is 7.82. The molecule has 6 aliphatic rings. The van der Waals surface area contributed by atoms with E-state index in [2.05, 4.69) is 33.9 Å². The van der Waals surface area contributed by atoms with Crippen LogP contribution in [0.3, 0.4) is 0 Å². The number of hydrogen-bond donors (Lipinski definition) is 0. The minimum atomic E-state index is -1.38. The lowest BCUT2D eigenvalue weighted by atomic mass is 9.63. The van der Waals surface area contributed by atoms with E-state index in [-0.39, 0.29) is 0 Å². The monoisotopic (exact) mass is 510 g/mol. The van der Waals surface area contributed by atoms with Gasteiger partial charge in [-0.2, -0.15) is 0 Å². The van der Waals surface area contributed by atoms with Crippen molar-refractivity contribution in [2.45, 2.75) is 154 Å². The largest absolute Gasteiger partial charge is 0.0689 e. The Morgan fingerprint density at radius 2 is 0.972 bits per heavy atom. The minimum Gasteiger partial charge on any atom is -0.0689 e. The van der Waals surface area contributed by atoms with Crippen LogP contribution in [0.2, 0.25) is 24.2 Å². The van der Waals surface area contributed by atoms with Crippen LogP contribution < -0.4 is 0 Å². The van der Waals surface area contributed by atoms with Gasteiger partial charge >= 0.3 is 0 Å². The Morgan fingerprint density at radius 3 is 1.61 bits per heavy atom. The molecule has 0 aromatic rings. The van der Waals surface area contributed by atoms with Gasteiger partial charge in [-0.25, -0.2) is 0 Å². The molecule has 6 aliphatic carbocycles. The predicted octanol–water partition coefficient (Wildman–Crippen LogP) is 11.0. The van der Waals surface area contributed by atoms with Crippen LogP contribution >= 0.6 is 0 Å². The zero-order valence-electron chi connectivity index (χ0n) is 25.0. The van der Waals surface area contributed by atoms with Crippen LogP contribution in [0.4, 0.5) is 0 Å². The lowest BCUT2D eigenvalue weighted by Gasteiger charge is -2.50. The summed E-state index contributed by atoms with van der Waals surface area (Å²) in [6, 6.07) is 0. The molecule has 6 rings (SSSR count). The minimum absolute atomic E-state index is 0.993. The van der Waals surface area contributed by atoms with E-state index in [0.717, 1.165) is 76.2 Å². The highest BCUT2D eigenvalue weighted by Crippen LogP contribution is 2.68. The summed E-state index contributed by atoms with van der Waals surface area (Å²) in [4.78, 5) is 0. The molecule has 0 radical (unpaired) electrons. The van der Waals surface area contributed by atoms with Gasteiger partial charge in [0.25, 0.3) is 0 Å². The summed E-state index contributed by atoms with van der Waals surface area (Å²) in [6.07, 6.45) is 26.7. The average Bonchev–Trinajstić information content (AvgIpc) is 3.38. The van der Waals surface area contributed by atoms with Gasteiger partial charge in [0.1, 0.15) is 0 Å². The van der Waals surface area contributed by atoms with Crippen molar-refractivity contribution in [2.75, 3.05) is 0 Å². The highest BCUT2D eigenvalue weighted by molar-refractivity contribution is 6.80. The van der Waals surface area contributed by atoms with Crippen LogP contribution in [-0.4, -0.2) is 8.07 Å². The molecular formula is C35H62Si. The smallest absolute Gasteiger partial charge is 0.0547 e. The Labute approximate surface area is 226 Å². The molecule has 0 spiro atoms. The van der Waals surface area contributed by atoms with Gasteiger partial charge in [-0.05, 0) is 95.4 Å². The number of hydrogen-bond acceptors (Lipinski definition) is 0. The van der Waals surface area contributed by atoms with Crippen molar-refractivity contribution < 1.29 is 0 Å². The average molecular weight is 511 g/mol. The molecule has 1 heteroatoms. The second kappa shape index (κ2) is 10.7. The summed E-state index contributed by atoms with van der Waals surface area (Å²) in [7, 11) is -1.38. The first kappa shape index (κ1) is 26.4. The van der Waals surface area contributed by atoms with Crippen LogP contribution in [0.25, 0.3) is 0 Å². The zero-order valence-corrected chi connectivity index (χ0v) is 26.0. The van der Waals surface area contributed by atoms with Gasteiger partial charge in [0.2, 0.25) is 0 Å². The van der Waals surface area contributed by atoms with Crippen molar-refractivity contribution in [3.63, 3.8) is 0 Å². The molecule has 6 fully saturated rings. The Hall–Kier alpha value is 0.217. The van der Waals surface area contributed by atoms with Crippen LogP contribution in [0.1, 0.15) is 130 Å². The van der Waals surface area contributed by atoms with Gasteiger partial charge in [0.05, 0.1) is 8.07 Å². The fourth-order valence-corrected chi connectivity index (χ4v) is 20.4. The molecule has 0 aliphatic heterocycles. The maximum Gasteiger partial charge on any atom is 0.0547 e. The maximum atomic E-state index is 2.96. The standard InChI is InChI=1S/C35H62Si/c1-23-22-32-28(26-14-8-6-9-15-26)18-12-20-30(32)34(23)36(4,5)35-25(3)24(2)33-29(19-13-21-31(33)35)27-16-10-7-11-17-27/h23-35H,6-22H2,1-5H3. The molecule has 0 N–H and O–H groups in total. The molecule has 0 heterocycles. The Balaban J connectivity index is 1.25. The molecule has 0 bridgehead atoms. The first-order valence-electron chi connectivity index (χ1n) is 17.4. The SMILES string of the molecule is CC1CC2C(C3CCCCC3)CCCC2C1[Si](C)(C)C1C(C)C(C)C2C(C3CCCCC3)CCCC21. The molecule has 0 amide bonds. The van der Waals surface area contributed by atoms with Crippen molar-refractivity contribution in [3.8, 4) is 0 Å². The molecule has 0 aromatic carbocycles. The van der Waals surface area contributed by atoms with Crippen LogP contribution in [0, 0.1) is 65.1 Å². The summed E-state index contributed by atoms with van der Waals surface area (Å²) in [5.41, 5.74) is 2.24. The van der Waals surface area contributed by atoms with Gasteiger partial charge in [-0.15, -0.1) is 0 Å². The van der Waals surface area contributed by atoms with Crippen LogP contribution in [-0.2, 0) is 0 Å². The highest BCUT2D eigenvalue weighted by Gasteiger charge is 2.61.